The van der Waals surface area contributed by atoms with Crippen LogP contribution in [0.4, 0.5) is 5.69 Å². The number of ether oxygens (including phenoxy) is 2. The molecule has 0 aliphatic rings. The van der Waals surface area contributed by atoms with Gasteiger partial charge in [-0.3, -0.25) is 9.59 Å². The van der Waals surface area contributed by atoms with Crippen LogP contribution in [0.25, 0.3) is 0 Å². The van der Waals surface area contributed by atoms with Gasteiger partial charge < -0.3 is 19.7 Å². The fraction of sp³-hybridized carbons (Fsp3) is 0.467. The second kappa shape index (κ2) is 9.40. The molecule has 7 heteroatoms. The number of hydrogen-bond acceptors (Lipinski definition) is 4. The summed E-state index contributed by atoms with van der Waals surface area (Å²) >= 11 is 6.00. The van der Waals surface area contributed by atoms with E-state index < -0.39 is 11.8 Å². The van der Waals surface area contributed by atoms with Gasteiger partial charge in [0.1, 0.15) is 0 Å². The van der Waals surface area contributed by atoms with Gasteiger partial charge >= 0.3 is 11.8 Å². The van der Waals surface area contributed by atoms with Crippen molar-refractivity contribution in [2.75, 3.05) is 45.8 Å². The van der Waals surface area contributed by atoms with E-state index in [-0.39, 0.29) is 0 Å². The molecular formula is C15H21ClN2O4. The fourth-order valence-corrected chi connectivity index (χ4v) is 1.90. The topological polar surface area (TPSA) is 67.9 Å². The molecule has 0 aliphatic carbocycles. The molecule has 0 radical (unpaired) electrons. The predicted molar refractivity (Wildman–Crippen MR) is 85.2 cm³/mol. The lowest BCUT2D eigenvalue weighted by Gasteiger charge is -2.21. The quantitative estimate of drug-likeness (QED) is 0.774. The molecule has 0 heterocycles. The lowest BCUT2D eigenvalue weighted by molar-refractivity contribution is -0.144. The Morgan fingerprint density at radius 2 is 1.77 bits per heavy atom. The van der Waals surface area contributed by atoms with Crippen molar-refractivity contribution in [3.63, 3.8) is 0 Å². The zero-order chi connectivity index (χ0) is 16.5. The normalized spacial score (nSPS) is 10.4. The minimum Gasteiger partial charge on any atom is -0.383 e. The van der Waals surface area contributed by atoms with Gasteiger partial charge in [0.2, 0.25) is 0 Å². The molecular weight excluding hydrogens is 308 g/mol. The minimum atomic E-state index is -0.716. The van der Waals surface area contributed by atoms with Crippen LogP contribution in [0.1, 0.15) is 5.56 Å². The molecule has 0 fully saturated rings. The molecule has 6 nitrogen and oxygen atoms in total. The van der Waals surface area contributed by atoms with E-state index in [0.717, 1.165) is 5.56 Å². The first kappa shape index (κ1) is 18.4. The maximum atomic E-state index is 12.2. The summed E-state index contributed by atoms with van der Waals surface area (Å²) in [5.74, 6) is -1.35. The number of benzene rings is 1. The van der Waals surface area contributed by atoms with E-state index in [1.165, 1.54) is 19.1 Å². The average Bonchev–Trinajstić information content (AvgIpc) is 2.50. The van der Waals surface area contributed by atoms with Crippen LogP contribution in [0.2, 0.25) is 5.02 Å². The summed E-state index contributed by atoms with van der Waals surface area (Å²) in [6.45, 7) is 3.19. The molecule has 0 saturated heterocycles. The highest BCUT2D eigenvalue weighted by atomic mass is 35.5. The number of nitrogens with zero attached hydrogens (tertiary/aromatic N) is 1. The number of carbonyl (C=O) groups excluding carboxylic acids is 2. The highest BCUT2D eigenvalue weighted by Crippen LogP contribution is 2.19. The summed E-state index contributed by atoms with van der Waals surface area (Å²) in [5, 5.41) is 3.08. The molecule has 22 heavy (non-hydrogen) atoms. The van der Waals surface area contributed by atoms with Crippen LogP contribution in [-0.2, 0) is 19.1 Å². The van der Waals surface area contributed by atoms with Crippen LogP contribution < -0.4 is 5.32 Å². The van der Waals surface area contributed by atoms with Crippen molar-refractivity contribution in [3.05, 3.63) is 28.8 Å². The van der Waals surface area contributed by atoms with Gasteiger partial charge in [0.05, 0.1) is 13.2 Å². The van der Waals surface area contributed by atoms with Crippen LogP contribution in [0, 0.1) is 6.92 Å². The van der Waals surface area contributed by atoms with Crippen molar-refractivity contribution < 1.29 is 19.1 Å². The van der Waals surface area contributed by atoms with Gasteiger partial charge in [-0.25, -0.2) is 0 Å². The monoisotopic (exact) mass is 328 g/mol. The van der Waals surface area contributed by atoms with Crippen molar-refractivity contribution in [2.45, 2.75) is 6.92 Å². The number of anilines is 1. The highest BCUT2D eigenvalue weighted by molar-refractivity contribution is 6.39. The minimum absolute atomic E-state index is 0.320. The van der Waals surface area contributed by atoms with Gasteiger partial charge in [-0.1, -0.05) is 17.7 Å². The molecule has 0 bridgehead atoms. The molecule has 2 amide bonds. The zero-order valence-corrected chi connectivity index (χ0v) is 13.8. The Morgan fingerprint density at radius 1 is 1.18 bits per heavy atom. The number of nitrogens with one attached hydrogen (secondary N) is 1. The van der Waals surface area contributed by atoms with Crippen LogP contribution in [0.5, 0.6) is 0 Å². The number of aryl methyl sites for hydroxylation is 1. The Hall–Kier alpha value is -1.63. The summed E-state index contributed by atoms with van der Waals surface area (Å²) in [7, 11) is 3.07. The van der Waals surface area contributed by atoms with Crippen molar-refractivity contribution >= 4 is 29.1 Å². The summed E-state index contributed by atoms with van der Waals surface area (Å²) < 4.78 is 9.89. The second-order valence-corrected chi connectivity index (χ2v) is 5.10. The summed E-state index contributed by atoms with van der Waals surface area (Å²) in [6, 6.07) is 5.08. The van der Waals surface area contributed by atoms with E-state index >= 15 is 0 Å². The number of rotatable bonds is 7. The summed E-state index contributed by atoms with van der Waals surface area (Å²) in [6.07, 6.45) is 0. The molecule has 0 saturated carbocycles. The Balaban J connectivity index is 2.70. The molecule has 122 valence electrons. The number of hydrogen-bond donors (Lipinski definition) is 1. The Bertz CT molecular complexity index is 514. The number of amides is 2. The van der Waals surface area contributed by atoms with E-state index in [9.17, 15) is 9.59 Å². The van der Waals surface area contributed by atoms with Gasteiger partial charge in [-0.2, -0.15) is 0 Å². The Kier molecular flexibility index (Phi) is 7.87. The van der Waals surface area contributed by atoms with Crippen LogP contribution in [-0.4, -0.2) is 57.2 Å². The third-order valence-electron chi connectivity index (χ3n) is 3.04. The number of carbonyl (C=O) groups is 2. The van der Waals surface area contributed by atoms with Crippen LogP contribution in [0.3, 0.4) is 0 Å². The fourth-order valence-electron chi connectivity index (χ4n) is 1.72. The van der Waals surface area contributed by atoms with Crippen molar-refractivity contribution in [3.8, 4) is 0 Å². The van der Waals surface area contributed by atoms with E-state index in [2.05, 4.69) is 5.32 Å². The highest BCUT2D eigenvalue weighted by Gasteiger charge is 2.21. The van der Waals surface area contributed by atoms with Gasteiger partial charge in [0.25, 0.3) is 0 Å². The summed E-state index contributed by atoms with van der Waals surface area (Å²) in [5.41, 5.74) is 1.38. The second-order valence-electron chi connectivity index (χ2n) is 4.70. The van der Waals surface area contributed by atoms with Crippen LogP contribution in [0.15, 0.2) is 18.2 Å². The number of halogens is 1. The van der Waals surface area contributed by atoms with Crippen LogP contribution >= 0.6 is 11.6 Å². The Labute approximate surface area is 135 Å². The molecule has 1 aromatic rings. The van der Waals surface area contributed by atoms with E-state index in [0.29, 0.717) is 37.0 Å². The third-order valence-corrected chi connectivity index (χ3v) is 3.45. The average molecular weight is 329 g/mol. The maximum absolute atomic E-state index is 12.2. The molecule has 0 unspecified atom stereocenters. The van der Waals surface area contributed by atoms with Gasteiger partial charge in [-0.15, -0.1) is 0 Å². The van der Waals surface area contributed by atoms with E-state index in [1.54, 1.807) is 18.2 Å². The van der Waals surface area contributed by atoms with Gasteiger partial charge in [-0.05, 0) is 24.6 Å². The van der Waals surface area contributed by atoms with E-state index in [4.69, 9.17) is 21.1 Å². The van der Waals surface area contributed by atoms with Gasteiger partial charge in [0.15, 0.2) is 0 Å². The molecule has 0 aliphatic heterocycles. The predicted octanol–water partition coefficient (Wildman–Crippen LogP) is 1.71. The Morgan fingerprint density at radius 3 is 2.27 bits per heavy atom. The zero-order valence-electron chi connectivity index (χ0n) is 13.0. The van der Waals surface area contributed by atoms with Crippen molar-refractivity contribution in [1.82, 2.24) is 4.90 Å². The largest absolute Gasteiger partial charge is 0.383 e. The van der Waals surface area contributed by atoms with Gasteiger partial charge in [0, 0.05) is 38.0 Å². The smallest absolute Gasteiger partial charge is 0.313 e. The molecule has 0 atom stereocenters. The molecule has 0 aromatic heterocycles. The number of methoxy groups -OCH3 is 2. The lowest BCUT2D eigenvalue weighted by atomic mass is 10.2. The molecule has 1 N–H and O–H groups in total. The first-order valence-corrected chi connectivity index (χ1v) is 7.21. The SMILES string of the molecule is COCCN(CCOC)C(=O)C(=O)Nc1ccc(C)c(Cl)c1. The van der Waals surface area contributed by atoms with Crippen molar-refractivity contribution in [1.29, 1.82) is 0 Å². The first-order valence-electron chi connectivity index (χ1n) is 6.84. The first-order chi connectivity index (χ1) is 10.5. The molecule has 1 aromatic carbocycles. The maximum Gasteiger partial charge on any atom is 0.313 e. The van der Waals surface area contributed by atoms with Crippen molar-refractivity contribution in [2.24, 2.45) is 0 Å². The third kappa shape index (κ3) is 5.63. The molecule has 1 rings (SSSR count). The molecule has 0 spiro atoms. The van der Waals surface area contributed by atoms with E-state index in [1.807, 2.05) is 6.92 Å². The summed E-state index contributed by atoms with van der Waals surface area (Å²) in [4.78, 5) is 25.6. The lowest BCUT2D eigenvalue weighted by Crippen LogP contribution is -2.43. The standard InChI is InChI=1S/C15H21ClN2O4/c1-11-4-5-12(10-13(11)16)17-14(19)15(20)18(6-8-21-2)7-9-22-3/h4-5,10H,6-9H2,1-3H3,(H,17,19).